The summed E-state index contributed by atoms with van der Waals surface area (Å²) in [5.41, 5.74) is 2.70. The smallest absolute Gasteiger partial charge is 0.256 e. The molecule has 0 fully saturated rings. The molecule has 0 aliphatic heterocycles. The van der Waals surface area contributed by atoms with Gasteiger partial charge < -0.3 is 14.8 Å². The van der Waals surface area contributed by atoms with Crippen LogP contribution in [0.4, 0.5) is 11.6 Å². The quantitative estimate of drug-likeness (QED) is 0.668. The normalized spacial score (nSPS) is 10.5. The van der Waals surface area contributed by atoms with Gasteiger partial charge in [0.2, 0.25) is 5.95 Å². The first-order valence-electron chi connectivity index (χ1n) is 8.33. The van der Waals surface area contributed by atoms with Crippen molar-refractivity contribution in [1.82, 2.24) is 9.97 Å². The molecule has 0 saturated carbocycles. The SMILES string of the molecule is COc1ccc(OC)c(Nc2nc(C)c(Cc3ccc(Cl)cc3)c(=O)[nH]2)c1. The number of rotatable bonds is 6. The van der Waals surface area contributed by atoms with E-state index in [0.717, 1.165) is 5.56 Å². The third-order valence-electron chi connectivity index (χ3n) is 4.18. The van der Waals surface area contributed by atoms with Crippen LogP contribution in [0.25, 0.3) is 0 Å². The van der Waals surface area contributed by atoms with Gasteiger partial charge in [-0.05, 0) is 36.8 Å². The molecule has 2 N–H and O–H groups in total. The number of ether oxygens (including phenoxy) is 2. The number of methoxy groups -OCH3 is 2. The molecule has 0 radical (unpaired) electrons. The fourth-order valence-electron chi connectivity index (χ4n) is 2.72. The summed E-state index contributed by atoms with van der Waals surface area (Å²) < 4.78 is 10.6. The van der Waals surface area contributed by atoms with Gasteiger partial charge in [-0.15, -0.1) is 0 Å². The van der Waals surface area contributed by atoms with Crippen LogP contribution in [0, 0.1) is 6.92 Å². The Labute approximate surface area is 162 Å². The largest absolute Gasteiger partial charge is 0.497 e. The number of anilines is 2. The van der Waals surface area contributed by atoms with E-state index in [1.165, 1.54) is 0 Å². The minimum Gasteiger partial charge on any atom is -0.497 e. The van der Waals surface area contributed by atoms with Crippen LogP contribution in [0.15, 0.2) is 47.3 Å². The van der Waals surface area contributed by atoms with E-state index in [1.807, 2.05) is 19.1 Å². The molecule has 0 bridgehead atoms. The molecule has 0 atom stereocenters. The van der Waals surface area contributed by atoms with E-state index in [2.05, 4.69) is 15.3 Å². The second-order valence-electron chi connectivity index (χ2n) is 5.97. The van der Waals surface area contributed by atoms with Gasteiger partial charge in [0.1, 0.15) is 11.5 Å². The summed E-state index contributed by atoms with van der Waals surface area (Å²) >= 11 is 5.91. The maximum Gasteiger partial charge on any atom is 0.256 e. The lowest BCUT2D eigenvalue weighted by atomic mass is 10.1. The summed E-state index contributed by atoms with van der Waals surface area (Å²) in [5, 5.41) is 3.75. The maximum absolute atomic E-state index is 12.6. The number of hydrogen-bond acceptors (Lipinski definition) is 5. The van der Waals surface area contributed by atoms with Crippen LogP contribution in [0.5, 0.6) is 11.5 Å². The van der Waals surface area contributed by atoms with Crippen molar-refractivity contribution in [3.63, 3.8) is 0 Å². The van der Waals surface area contributed by atoms with Gasteiger partial charge in [0.15, 0.2) is 0 Å². The number of hydrogen-bond donors (Lipinski definition) is 2. The Hall–Kier alpha value is -2.99. The number of nitrogens with zero attached hydrogens (tertiary/aromatic N) is 1. The lowest BCUT2D eigenvalue weighted by Gasteiger charge is -2.13. The highest BCUT2D eigenvalue weighted by molar-refractivity contribution is 6.30. The van der Waals surface area contributed by atoms with Crippen LogP contribution in [-0.4, -0.2) is 24.2 Å². The second-order valence-corrected chi connectivity index (χ2v) is 6.41. The molecule has 0 aliphatic carbocycles. The fourth-order valence-corrected chi connectivity index (χ4v) is 2.85. The third kappa shape index (κ3) is 4.41. The van der Waals surface area contributed by atoms with Crippen molar-refractivity contribution in [3.05, 3.63) is 74.7 Å². The predicted molar refractivity (Wildman–Crippen MR) is 107 cm³/mol. The number of aryl methyl sites for hydroxylation is 1. The highest BCUT2D eigenvalue weighted by atomic mass is 35.5. The van der Waals surface area contributed by atoms with E-state index in [9.17, 15) is 4.79 Å². The van der Waals surface area contributed by atoms with E-state index in [-0.39, 0.29) is 5.56 Å². The molecule has 0 aliphatic rings. The molecular weight excluding hydrogens is 366 g/mol. The van der Waals surface area contributed by atoms with Crippen molar-refractivity contribution in [2.75, 3.05) is 19.5 Å². The first kappa shape index (κ1) is 18.8. The maximum atomic E-state index is 12.6. The van der Waals surface area contributed by atoms with Crippen molar-refractivity contribution in [1.29, 1.82) is 0 Å². The van der Waals surface area contributed by atoms with Crippen molar-refractivity contribution in [2.45, 2.75) is 13.3 Å². The van der Waals surface area contributed by atoms with Crippen LogP contribution >= 0.6 is 11.6 Å². The fraction of sp³-hybridized carbons (Fsp3) is 0.200. The molecule has 0 amide bonds. The summed E-state index contributed by atoms with van der Waals surface area (Å²) in [4.78, 5) is 19.9. The van der Waals surface area contributed by atoms with Crippen molar-refractivity contribution in [2.24, 2.45) is 0 Å². The molecule has 140 valence electrons. The number of aromatic nitrogens is 2. The van der Waals surface area contributed by atoms with Gasteiger partial charge in [0, 0.05) is 23.1 Å². The second kappa shape index (κ2) is 8.14. The number of halogens is 1. The predicted octanol–water partition coefficient (Wildman–Crippen LogP) is 4.08. The van der Waals surface area contributed by atoms with Gasteiger partial charge in [-0.25, -0.2) is 4.98 Å². The molecule has 0 unspecified atom stereocenters. The number of benzene rings is 2. The van der Waals surface area contributed by atoms with Crippen molar-refractivity contribution >= 4 is 23.2 Å². The Morgan fingerprint density at radius 1 is 1.11 bits per heavy atom. The summed E-state index contributed by atoms with van der Waals surface area (Å²) in [6, 6.07) is 12.7. The van der Waals surface area contributed by atoms with Crippen LogP contribution < -0.4 is 20.3 Å². The van der Waals surface area contributed by atoms with Crippen LogP contribution in [0.1, 0.15) is 16.8 Å². The Morgan fingerprint density at radius 3 is 2.48 bits per heavy atom. The summed E-state index contributed by atoms with van der Waals surface area (Å²) in [7, 11) is 3.16. The minimum absolute atomic E-state index is 0.193. The lowest BCUT2D eigenvalue weighted by molar-refractivity contribution is 0.405. The van der Waals surface area contributed by atoms with Gasteiger partial charge in [-0.1, -0.05) is 23.7 Å². The highest BCUT2D eigenvalue weighted by Crippen LogP contribution is 2.30. The monoisotopic (exact) mass is 385 g/mol. The topological polar surface area (TPSA) is 76.2 Å². The zero-order valence-corrected chi connectivity index (χ0v) is 16.1. The molecule has 27 heavy (non-hydrogen) atoms. The average Bonchev–Trinajstić information content (AvgIpc) is 2.66. The first-order chi connectivity index (χ1) is 13.0. The number of H-pyrrole nitrogens is 1. The number of aromatic amines is 1. The molecule has 3 rings (SSSR count). The Kier molecular flexibility index (Phi) is 5.66. The molecule has 7 heteroatoms. The van der Waals surface area contributed by atoms with Crippen LogP contribution in [-0.2, 0) is 6.42 Å². The van der Waals surface area contributed by atoms with E-state index >= 15 is 0 Å². The van der Waals surface area contributed by atoms with Gasteiger partial charge >= 0.3 is 0 Å². The van der Waals surface area contributed by atoms with Crippen LogP contribution in [0.3, 0.4) is 0 Å². The molecule has 0 saturated heterocycles. The van der Waals surface area contributed by atoms with Gasteiger partial charge in [0.25, 0.3) is 5.56 Å². The molecule has 6 nitrogen and oxygen atoms in total. The highest BCUT2D eigenvalue weighted by Gasteiger charge is 2.12. The molecular formula is C20H20ClN3O3. The molecule has 2 aromatic carbocycles. The van der Waals surface area contributed by atoms with Gasteiger partial charge in [0.05, 0.1) is 25.6 Å². The molecule has 3 aromatic rings. The zero-order valence-electron chi connectivity index (χ0n) is 15.3. The van der Waals surface area contributed by atoms with Crippen LogP contribution in [0.2, 0.25) is 5.02 Å². The lowest BCUT2D eigenvalue weighted by Crippen LogP contribution is -2.18. The van der Waals surface area contributed by atoms with Gasteiger partial charge in [-0.3, -0.25) is 9.78 Å². The summed E-state index contributed by atoms with van der Waals surface area (Å²) in [5.74, 6) is 1.61. The minimum atomic E-state index is -0.193. The molecule has 1 heterocycles. The van der Waals surface area contributed by atoms with E-state index in [4.69, 9.17) is 21.1 Å². The zero-order chi connectivity index (χ0) is 19.4. The number of nitrogens with one attached hydrogen (secondary N) is 2. The third-order valence-corrected chi connectivity index (χ3v) is 4.43. The van der Waals surface area contributed by atoms with E-state index in [1.54, 1.807) is 44.6 Å². The summed E-state index contributed by atoms with van der Waals surface area (Å²) in [6.07, 6.45) is 0.480. The first-order valence-corrected chi connectivity index (χ1v) is 8.71. The summed E-state index contributed by atoms with van der Waals surface area (Å²) in [6.45, 7) is 1.81. The van der Waals surface area contributed by atoms with Crippen molar-refractivity contribution in [3.8, 4) is 11.5 Å². The van der Waals surface area contributed by atoms with Crippen molar-refractivity contribution < 1.29 is 9.47 Å². The standard InChI is InChI=1S/C20H20ClN3O3/c1-12-16(10-13-4-6-14(21)7-5-13)19(25)24-20(22-12)23-17-11-15(26-2)8-9-18(17)27-3/h4-9,11H,10H2,1-3H3,(H2,22,23,24,25). The Balaban J connectivity index is 1.89. The Bertz CT molecular complexity index is 1000. The van der Waals surface area contributed by atoms with E-state index in [0.29, 0.717) is 45.8 Å². The average molecular weight is 386 g/mol. The van der Waals surface area contributed by atoms with E-state index < -0.39 is 0 Å². The Morgan fingerprint density at radius 2 is 1.85 bits per heavy atom. The molecule has 1 aromatic heterocycles. The van der Waals surface area contributed by atoms with Gasteiger partial charge in [-0.2, -0.15) is 0 Å². The molecule has 0 spiro atoms.